The molecule has 0 bridgehead atoms. The zero-order chi connectivity index (χ0) is 19.1. The summed E-state index contributed by atoms with van der Waals surface area (Å²) in [4.78, 5) is 0. The van der Waals surface area contributed by atoms with Crippen LogP contribution < -0.4 is 0 Å². The van der Waals surface area contributed by atoms with E-state index < -0.39 is 38.2 Å². The van der Waals surface area contributed by atoms with Gasteiger partial charge in [-0.2, -0.15) is 0 Å². The van der Waals surface area contributed by atoms with Gasteiger partial charge in [-0.3, -0.25) is 0 Å². The first-order chi connectivity index (χ1) is 11.3. The van der Waals surface area contributed by atoms with Crippen LogP contribution in [0.3, 0.4) is 0 Å². The third kappa shape index (κ3) is 4.35. The van der Waals surface area contributed by atoms with Crippen LogP contribution in [0.1, 0.15) is 41.0 Å². The lowest BCUT2D eigenvalue weighted by molar-refractivity contribution is -0.226. The highest BCUT2D eigenvalue weighted by Crippen LogP contribution is 2.45. The van der Waals surface area contributed by atoms with Crippen LogP contribution >= 0.6 is 0 Å². The Morgan fingerprint density at radius 2 is 1.84 bits per heavy atom. The van der Waals surface area contributed by atoms with E-state index in [4.69, 9.17) is 23.7 Å². The Labute approximate surface area is 152 Å². The van der Waals surface area contributed by atoms with Crippen LogP contribution in [0.2, 0.25) is 18.1 Å². The molecule has 0 radical (unpaired) electrons. The fraction of sp³-hybridized carbons (Fsp3) is 0.889. The van der Waals surface area contributed by atoms with Gasteiger partial charge in [-0.1, -0.05) is 32.9 Å². The lowest BCUT2D eigenvalue weighted by atomic mass is 9.92. The van der Waals surface area contributed by atoms with Crippen molar-refractivity contribution in [1.29, 1.82) is 0 Å². The van der Waals surface area contributed by atoms with Gasteiger partial charge in [0.15, 0.2) is 20.4 Å². The van der Waals surface area contributed by atoms with Crippen LogP contribution in [-0.4, -0.2) is 61.6 Å². The van der Waals surface area contributed by atoms with E-state index in [0.717, 1.165) is 0 Å². The first-order valence-corrected chi connectivity index (χ1v) is 11.9. The van der Waals surface area contributed by atoms with Crippen LogP contribution in [0.4, 0.5) is 0 Å². The van der Waals surface area contributed by atoms with Crippen LogP contribution in [0, 0.1) is 0 Å². The summed E-state index contributed by atoms with van der Waals surface area (Å²) in [6, 6.07) is 0. The Bertz CT molecular complexity index is 498. The van der Waals surface area contributed by atoms with Crippen LogP contribution in [0.5, 0.6) is 0 Å². The number of aliphatic hydroxyl groups is 2. The van der Waals surface area contributed by atoms with Crippen molar-refractivity contribution in [3.63, 3.8) is 0 Å². The number of rotatable bonds is 6. The molecule has 0 saturated carbocycles. The number of fused-ring (bicyclic) bond motifs is 1. The SMILES string of the molecule is CC1(C)O[C@H]2O[C@H](CO[Si](C)(C)C(C)(C)C)[C@](O)(/C=C\CCO)[C@H]2O1. The largest absolute Gasteiger partial charge is 0.414 e. The summed E-state index contributed by atoms with van der Waals surface area (Å²) < 4.78 is 23.9. The maximum absolute atomic E-state index is 11.3. The highest BCUT2D eigenvalue weighted by atomic mass is 28.4. The smallest absolute Gasteiger partial charge is 0.192 e. The molecule has 0 aliphatic carbocycles. The Kier molecular flexibility index (Phi) is 5.91. The minimum absolute atomic E-state index is 0.0233. The van der Waals surface area contributed by atoms with Crippen molar-refractivity contribution in [2.45, 2.75) is 89.1 Å². The molecule has 0 aromatic heterocycles. The van der Waals surface area contributed by atoms with Crippen molar-refractivity contribution in [2.75, 3.05) is 13.2 Å². The van der Waals surface area contributed by atoms with Crippen molar-refractivity contribution >= 4 is 8.32 Å². The molecule has 2 heterocycles. The molecule has 2 saturated heterocycles. The molecule has 4 atom stereocenters. The summed E-state index contributed by atoms with van der Waals surface area (Å²) in [5, 5.41) is 20.4. The van der Waals surface area contributed by atoms with Gasteiger partial charge in [-0.05, 0) is 38.4 Å². The normalized spacial score (nSPS) is 35.5. The molecule has 0 unspecified atom stereocenters. The lowest BCUT2D eigenvalue weighted by Crippen LogP contribution is -2.51. The van der Waals surface area contributed by atoms with Gasteiger partial charge in [-0.25, -0.2) is 0 Å². The minimum Gasteiger partial charge on any atom is -0.414 e. The molecule has 0 spiro atoms. The first-order valence-electron chi connectivity index (χ1n) is 8.98. The average molecular weight is 375 g/mol. The topological polar surface area (TPSA) is 77.4 Å². The lowest BCUT2D eigenvalue weighted by Gasteiger charge is -2.38. The Hall–Kier alpha value is -0.283. The van der Waals surface area contributed by atoms with Gasteiger partial charge in [0.1, 0.15) is 17.8 Å². The number of hydrogen-bond donors (Lipinski definition) is 2. The predicted molar refractivity (Wildman–Crippen MR) is 97.6 cm³/mol. The minimum atomic E-state index is -1.97. The van der Waals surface area contributed by atoms with E-state index in [-0.39, 0.29) is 18.3 Å². The Morgan fingerprint density at radius 1 is 1.20 bits per heavy atom. The standard InChI is InChI=1S/C18H34O6Si/c1-16(2,3)25(6,7)21-12-13-18(20,10-8-9-11-19)14-15(22-13)24-17(4,5)23-14/h8,10,13-15,19-20H,9,11-12H2,1-7H3/b10-8-/t13-,14+,15-,18-/m1/s1. The molecular weight excluding hydrogens is 340 g/mol. The molecule has 6 nitrogen and oxygen atoms in total. The van der Waals surface area contributed by atoms with Crippen LogP contribution in [0.15, 0.2) is 12.2 Å². The monoisotopic (exact) mass is 374 g/mol. The molecule has 7 heteroatoms. The molecule has 2 aliphatic rings. The van der Waals surface area contributed by atoms with Gasteiger partial charge in [0, 0.05) is 6.61 Å². The summed E-state index contributed by atoms with van der Waals surface area (Å²) in [7, 11) is -1.97. The number of hydrogen-bond acceptors (Lipinski definition) is 6. The maximum Gasteiger partial charge on any atom is 0.192 e. The van der Waals surface area contributed by atoms with E-state index in [2.05, 4.69) is 33.9 Å². The average Bonchev–Trinajstić information content (AvgIpc) is 2.88. The molecule has 2 rings (SSSR count). The molecular formula is C18H34O6Si. The van der Waals surface area contributed by atoms with Gasteiger partial charge in [0.2, 0.25) is 0 Å². The van der Waals surface area contributed by atoms with E-state index in [1.54, 1.807) is 26.0 Å². The summed E-state index contributed by atoms with van der Waals surface area (Å²) in [6.45, 7) is 14.7. The van der Waals surface area contributed by atoms with Gasteiger partial charge in [-0.15, -0.1) is 0 Å². The quantitative estimate of drug-likeness (QED) is 0.550. The molecule has 0 aromatic rings. The highest BCUT2D eigenvalue weighted by Gasteiger charge is 2.62. The Balaban J connectivity index is 2.17. The predicted octanol–water partition coefficient (Wildman–Crippen LogP) is 2.55. The third-order valence-corrected chi connectivity index (χ3v) is 9.91. The van der Waals surface area contributed by atoms with Crippen molar-refractivity contribution in [2.24, 2.45) is 0 Å². The molecule has 146 valence electrons. The molecule has 2 fully saturated rings. The van der Waals surface area contributed by atoms with Crippen LogP contribution in [0.25, 0.3) is 0 Å². The van der Waals surface area contributed by atoms with E-state index >= 15 is 0 Å². The zero-order valence-electron chi connectivity index (χ0n) is 16.5. The first kappa shape index (κ1) is 21.0. The number of aliphatic hydroxyl groups excluding tert-OH is 1. The second kappa shape index (κ2) is 7.03. The fourth-order valence-electron chi connectivity index (χ4n) is 2.82. The fourth-order valence-corrected chi connectivity index (χ4v) is 3.82. The molecule has 2 aliphatic heterocycles. The maximum atomic E-state index is 11.3. The molecule has 0 amide bonds. The summed E-state index contributed by atoms with van der Waals surface area (Å²) in [5.74, 6) is -0.806. The Morgan fingerprint density at radius 3 is 2.40 bits per heavy atom. The summed E-state index contributed by atoms with van der Waals surface area (Å²) in [6.07, 6.45) is 2.04. The van der Waals surface area contributed by atoms with E-state index in [9.17, 15) is 5.11 Å². The van der Waals surface area contributed by atoms with Crippen molar-refractivity contribution in [1.82, 2.24) is 0 Å². The second-order valence-corrected chi connectivity index (χ2v) is 13.7. The van der Waals surface area contributed by atoms with Gasteiger partial charge >= 0.3 is 0 Å². The van der Waals surface area contributed by atoms with Gasteiger partial charge in [0.25, 0.3) is 0 Å². The van der Waals surface area contributed by atoms with Crippen LogP contribution in [-0.2, 0) is 18.6 Å². The van der Waals surface area contributed by atoms with E-state index in [0.29, 0.717) is 6.42 Å². The molecule has 2 N–H and O–H groups in total. The van der Waals surface area contributed by atoms with Crippen molar-refractivity contribution in [3.05, 3.63) is 12.2 Å². The molecule has 0 aromatic carbocycles. The van der Waals surface area contributed by atoms with E-state index in [1.807, 2.05) is 0 Å². The molecule has 25 heavy (non-hydrogen) atoms. The zero-order valence-corrected chi connectivity index (χ0v) is 17.5. The number of ether oxygens (including phenoxy) is 3. The summed E-state index contributed by atoms with van der Waals surface area (Å²) in [5.41, 5.74) is -1.35. The van der Waals surface area contributed by atoms with Crippen molar-refractivity contribution < 1.29 is 28.8 Å². The highest BCUT2D eigenvalue weighted by molar-refractivity contribution is 6.74. The summed E-state index contributed by atoms with van der Waals surface area (Å²) >= 11 is 0. The van der Waals surface area contributed by atoms with Gasteiger partial charge in [0.05, 0.1) is 6.61 Å². The van der Waals surface area contributed by atoms with Gasteiger partial charge < -0.3 is 28.8 Å². The van der Waals surface area contributed by atoms with E-state index in [1.165, 1.54) is 0 Å². The second-order valence-electron chi connectivity index (χ2n) is 8.92. The van der Waals surface area contributed by atoms with Crippen molar-refractivity contribution in [3.8, 4) is 0 Å². The third-order valence-electron chi connectivity index (χ3n) is 5.41.